The van der Waals surface area contributed by atoms with Gasteiger partial charge < -0.3 is 20.3 Å². The van der Waals surface area contributed by atoms with Gasteiger partial charge in [0.2, 0.25) is 5.91 Å². The average molecular weight is 496 g/mol. The number of halogens is 1. The Labute approximate surface area is 196 Å². The van der Waals surface area contributed by atoms with Gasteiger partial charge in [0.05, 0.1) is 12.8 Å². The number of methoxy groups -OCH3 is 1. The average Bonchev–Trinajstić information content (AvgIpc) is 2.80. The van der Waals surface area contributed by atoms with Crippen molar-refractivity contribution in [3.63, 3.8) is 0 Å². The van der Waals surface area contributed by atoms with Crippen molar-refractivity contribution in [2.24, 2.45) is 0 Å². The number of nitrogens with zero attached hydrogens (tertiary/aromatic N) is 1. The summed E-state index contributed by atoms with van der Waals surface area (Å²) in [6.45, 7) is 1.39. The highest BCUT2D eigenvalue weighted by molar-refractivity contribution is 9.10. The number of para-hydroxylation sites is 2. The summed E-state index contributed by atoms with van der Waals surface area (Å²) in [5, 5.41) is 5.71. The fourth-order valence-electron chi connectivity index (χ4n) is 3.16. The van der Waals surface area contributed by atoms with Gasteiger partial charge in [-0.2, -0.15) is 0 Å². The second kappa shape index (κ2) is 11.5. The van der Waals surface area contributed by atoms with Gasteiger partial charge in [0.1, 0.15) is 5.75 Å². The summed E-state index contributed by atoms with van der Waals surface area (Å²) in [6.07, 6.45) is 0.372. The number of carbonyl (C=O) groups excluding carboxylic acids is 2. The molecule has 166 valence electrons. The highest BCUT2D eigenvalue weighted by Gasteiger charge is 2.11. The lowest BCUT2D eigenvalue weighted by Crippen LogP contribution is -2.24. The van der Waals surface area contributed by atoms with E-state index in [2.05, 4.69) is 37.5 Å². The first-order valence-corrected chi connectivity index (χ1v) is 11.0. The van der Waals surface area contributed by atoms with Crippen molar-refractivity contribution in [3.05, 3.63) is 88.4 Å². The van der Waals surface area contributed by atoms with Gasteiger partial charge in [-0.25, -0.2) is 0 Å². The maximum Gasteiger partial charge on any atom is 0.255 e. The van der Waals surface area contributed by atoms with Crippen LogP contribution in [-0.4, -0.2) is 37.4 Å². The molecule has 0 aromatic heterocycles. The lowest BCUT2D eigenvalue weighted by Gasteiger charge is -2.17. The Bertz CT molecular complexity index is 1070. The molecule has 0 aliphatic heterocycles. The highest BCUT2D eigenvalue weighted by atomic mass is 79.9. The number of ether oxygens (including phenoxy) is 1. The monoisotopic (exact) mass is 495 g/mol. The van der Waals surface area contributed by atoms with Crippen LogP contribution in [0.3, 0.4) is 0 Å². The van der Waals surface area contributed by atoms with Crippen LogP contribution in [0.2, 0.25) is 0 Å². The number of benzene rings is 3. The predicted octanol–water partition coefficient (Wildman–Crippen LogP) is 5.17. The van der Waals surface area contributed by atoms with E-state index in [0.717, 1.165) is 11.0 Å². The summed E-state index contributed by atoms with van der Waals surface area (Å²) in [7, 11) is 3.54. The van der Waals surface area contributed by atoms with Crippen molar-refractivity contribution in [1.82, 2.24) is 4.90 Å². The Kier molecular flexibility index (Phi) is 8.41. The zero-order valence-corrected chi connectivity index (χ0v) is 19.7. The molecule has 0 atom stereocenters. The van der Waals surface area contributed by atoms with Gasteiger partial charge in [-0.1, -0.05) is 46.3 Å². The SMILES string of the molecule is COc1ccccc1NC(=O)c1ccc(NC(=O)CCN(C)Cc2ccccc2Br)cc1. The molecule has 0 fully saturated rings. The molecule has 6 nitrogen and oxygen atoms in total. The van der Waals surface area contributed by atoms with Gasteiger partial charge in [0.25, 0.3) is 5.91 Å². The second-order valence-electron chi connectivity index (χ2n) is 7.36. The molecule has 0 saturated carbocycles. The number of hydrogen-bond donors (Lipinski definition) is 2. The van der Waals surface area contributed by atoms with E-state index >= 15 is 0 Å². The van der Waals surface area contributed by atoms with Gasteiger partial charge in [0.15, 0.2) is 0 Å². The van der Waals surface area contributed by atoms with Crippen LogP contribution in [0.25, 0.3) is 0 Å². The fourth-order valence-corrected chi connectivity index (χ4v) is 3.57. The molecule has 32 heavy (non-hydrogen) atoms. The van der Waals surface area contributed by atoms with Gasteiger partial charge in [0, 0.05) is 35.2 Å². The number of carbonyl (C=O) groups is 2. The summed E-state index contributed by atoms with van der Waals surface area (Å²) in [5.74, 6) is 0.269. The molecular weight excluding hydrogens is 470 g/mol. The van der Waals surface area contributed by atoms with E-state index in [9.17, 15) is 9.59 Å². The standard InChI is InChI=1S/C25H26BrN3O3/c1-29(17-19-7-3-4-8-21(19)26)16-15-24(30)27-20-13-11-18(12-14-20)25(31)28-22-9-5-6-10-23(22)32-2/h3-14H,15-17H2,1-2H3,(H,27,30)(H,28,31). The summed E-state index contributed by atoms with van der Waals surface area (Å²) in [6, 6.07) is 22.1. The van der Waals surface area contributed by atoms with Gasteiger partial charge in [-0.15, -0.1) is 0 Å². The van der Waals surface area contributed by atoms with Crippen LogP contribution in [0, 0.1) is 0 Å². The van der Waals surface area contributed by atoms with Crippen LogP contribution in [0.4, 0.5) is 11.4 Å². The van der Waals surface area contributed by atoms with Gasteiger partial charge in [-0.05, 0) is 55.1 Å². The zero-order valence-electron chi connectivity index (χ0n) is 18.1. The smallest absolute Gasteiger partial charge is 0.255 e. The first kappa shape index (κ1) is 23.5. The first-order valence-electron chi connectivity index (χ1n) is 10.2. The highest BCUT2D eigenvalue weighted by Crippen LogP contribution is 2.24. The molecule has 0 heterocycles. The maximum atomic E-state index is 12.5. The molecule has 3 rings (SSSR count). The molecule has 0 unspecified atom stereocenters. The summed E-state index contributed by atoms with van der Waals surface area (Å²) >= 11 is 3.55. The Balaban J connectivity index is 1.49. The molecule has 0 radical (unpaired) electrons. The van der Waals surface area contributed by atoms with E-state index in [1.54, 1.807) is 43.5 Å². The largest absolute Gasteiger partial charge is 0.495 e. The third kappa shape index (κ3) is 6.67. The minimum Gasteiger partial charge on any atom is -0.495 e. The van der Waals surface area contributed by atoms with E-state index in [0.29, 0.717) is 35.7 Å². The third-order valence-electron chi connectivity index (χ3n) is 4.90. The van der Waals surface area contributed by atoms with E-state index in [1.807, 2.05) is 37.4 Å². The zero-order chi connectivity index (χ0) is 22.9. The van der Waals surface area contributed by atoms with E-state index < -0.39 is 0 Å². The fraction of sp³-hybridized carbons (Fsp3) is 0.200. The molecule has 0 aliphatic rings. The van der Waals surface area contributed by atoms with Crippen LogP contribution >= 0.6 is 15.9 Å². The molecule has 0 bridgehead atoms. The topological polar surface area (TPSA) is 70.7 Å². The number of rotatable bonds is 9. The number of amides is 2. The van der Waals surface area contributed by atoms with Crippen molar-refractivity contribution in [2.75, 3.05) is 31.3 Å². The predicted molar refractivity (Wildman–Crippen MR) is 131 cm³/mol. The van der Waals surface area contributed by atoms with E-state index in [4.69, 9.17) is 4.74 Å². The van der Waals surface area contributed by atoms with Crippen LogP contribution in [0.15, 0.2) is 77.3 Å². The van der Waals surface area contributed by atoms with Crippen LogP contribution in [0.5, 0.6) is 5.75 Å². The van der Waals surface area contributed by atoms with Crippen molar-refractivity contribution in [3.8, 4) is 5.75 Å². The quantitative estimate of drug-likeness (QED) is 0.429. The molecule has 3 aromatic rings. The molecule has 0 saturated heterocycles. The molecule has 7 heteroatoms. The lowest BCUT2D eigenvalue weighted by molar-refractivity contribution is -0.116. The van der Waals surface area contributed by atoms with E-state index in [1.165, 1.54) is 5.56 Å². The van der Waals surface area contributed by atoms with Crippen molar-refractivity contribution in [2.45, 2.75) is 13.0 Å². The van der Waals surface area contributed by atoms with Gasteiger partial charge >= 0.3 is 0 Å². The molecule has 0 spiro atoms. The molecule has 0 aliphatic carbocycles. The molecule has 3 aromatic carbocycles. The van der Waals surface area contributed by atoms with Crippen molar-refractivity contribution in [1.29, 1.82) is 0 Å². The molecule has 2 amide bonds. The van der Waals surface area contributed by atoms with E-state index in [-0.39, 0.29) is 11.8 Å². The van der Waals surface area contributed by atoms with Crippen LogP contribution < -0.4 is 15.4 Å². The minimum absolute atomic E-state index is 0.0739. The lowest BCUT2D eigenvalue weighted by atomic mass is 10.1. The molecular formula is C25H26BrN3O3. The Morgan fingerprint density at radius 2 is 1.62 bits per heavy atom. The summed E-state index contributed by atoms with van der Waals surface area (Å²) in [4.78, 5) is 26.9. The Morgan fingerprint density at radius 1 is 0.938 bits per heavy atom. The number of hydrogen-bond acceptors (Lipinski definition) is 4. The Morgan fingerprint density at radius 3 is 2.34 bits per heavy atom. The number of nitrogens with one attached hydrogen (secondary N) is 2. The molecule has 2 N–H and O–H groups in total. The maximum absolute atomic E-state index is 12.5. The van der Waals surface area contributed by atoms with Crippen LogP contribution in [0.1, 0.15) is 22.3 Å². The third-order valence-corrected chi connectivity index (χ3v) is 5.68. The minimum atomic E-state index is -0.249. The number of anilines is 2. The second-order valence-corrected chi connectivity index (χ2v) is 8.21. The first-order chi connectivity index (χ1) is 15.5. The normalized spacial score (nSPS) is 10.6. The van der Waals surface area contributed by atoms with Crippen LogP contribution in [-0.2, 0) is 11.3 Å². The summed E-state index contributed by atoms with van der Waals surface area (Å²) in [5.41, 5.74) is 2.92. The van der Waals surface area contributed by atoms with Crippen molar-refractivity contribution < 1.29 is 14.3 Å². The Hall–Kier alpha value is -3.16. The summed E-state index contributed by atoms with van der Waals surface area (Å²) < 4.78 is 6.32. The van der Waals surface area contributed by atoms with Gasteiger partial charge in [-0.3, -0.25) is 9.59 Å². The van der Waals surface area contributed by atoms with Crippen molar-refractivity contribution >= 4 is 39.1 Å².